The Hall–Kier alpha value is -0.870. The summed E-state index contributed by atoms with van der Waals surface area (Å²) in [5, 5.41) is 0. The third-order valence-electron chi connectivity index (χ3n) is 1.45. The molecule has 3 nitrogen and oxygen atoms in total. The molecular weight excluding hydrogens is 176 g/mol. The van der Waals surface area contributed by atoms with Crippen LogP contribution in [0, 0.1) is 13.5 Å². The Labute approximate surface area is 73.1 Å². The van der Waals surface area contributed by atoms with Crippen molar-refractivity contribution >= 4 is 11.0 Å². The molecule has 0 fully saturated rings. The molecule has 1 rings (SSSR count). The van der Waals surface area contributed by atoms with Gasteiger partial charge >= 0.3 is 0 Å². The molecule has 12 heavy (non-hydrogen) atoms. The number of hydrogen-bond donors (Lipinski definition) is 1. The first kappa shape index (κ1) is 9.22. The van der Waals surface area contributed by atoms with Gasteiger partial charge in [0.25, 0.3) is 11.0 Å². The van der Waals surface area contributed by atoms with E-state index in [4.69, 9.17) is 0 Å². The molecule has 0 saturated carbocycles. The van der Waals surface area contributed by atoms with E-state index in [9.17, 15) is 8.42 Å². The fourth-order valence-electron chi connectivity index (χ4n) is 0.819. The van der Waals surface area contributed by atoms with E-state index >= 15 is 0 Å². The van der Waals surface area contributed by atoms with Crippen LogP contribution in [-0.4, -0.2) is 8.42 Å². The summed E-state index contributed by atoms with van der Waals surface area (Å²) in [6.45, 7) is 3.11. The van der Waals surface area contributed by atoms with E-state index in [0.29, 0.717) is 0 Å². The fraction of sp³-hybridized carbons (Fsp3) is 0.125. The number of hydrogen-bond acceptors (Lipinski definition) is 3. The van der Waals surface area contributed by atoms with E-state index < -0.39 is 11.0 Å². The molecule has 0 aromatic heterocycles. The van der Waals surface area contributed by atoms with Crippen molar-refractivity contribution < 1.29 is 12.6 Å². The van der Waals surface area contributed by atoms with Crippen molar-refractivity contribution in [2.75, 3.05) is 0 Å². The van der Waals surface area contributed by atoms with Gasteiger partial charge in [0.2, 0.25) is 0 Å². The van der Waals surface area contributed by atoms with E-state index in [2.05, 4.69) is 4.18 Å². The molecule has 0 atom stereocenters. The minimum Gasteiger partial charge on any atom is -0.261 e. The third-order valence-corrected chi connectivity index (χ3v) is 1.73. The summed E-state index contributed by atoms with van der Waals surface area (Å²) in [4.78, 5) is 0. The van der Waals surface area contributed by atoms with Gasteiger partial charge in [-0.3, -0.25) is 4.18 Å². The van der Waals surface area contributed by atoms with Gasteiger partial charge in [-0.2, -0.15) is 0 Å². The highest BCUT2D eigenvalue weighted by atomic mass is 32.2. The molecular formula is C8H9O3S. The highest BCUT2D eigenvalue weighted by Gasteiger charge is 1.97. The van der Waals surface area contributed by atoms with E-state index in [1.165, 1.54) is 6.61 Å². The van der Waals surface area contributed by atoms with E-state index in [-0.39, 0.29) is 0 Å². The summed E-state index contributed by atoms with van der Waals surface area (Å²) >= 11 is 0. The van der Waals surface area contributed by atoms with Crippen LogP contribution in [0.3, 0.4) is 0 Å². The lowest BCUT2D eigenvalue weighted by Crippen LogP contribution is -1.90. The quantitative estimate of drug-likeness (QED) is 0.716. The number of rotatable bonds is 3. The first-order valence-electron chi connectivity index (χ1n) is 3.40. The molecule has 0 spiro atoms. The summed E-state index contributed by atoms with van der Waals surface area (Å²) in [5.41, 5.74) is 1.76. The minimum atomic E-state index is -2.79. The van der Waals surface area contributed by atoms with Gasteiger partial charge < -0.3 is 0 Å². The molecule has 0 aliphatic rings. The van der Waals surface area contributed by atoms with Crippen LogP contribution in [0.1, 0.15) is 11.1 Å². The van der Waals surface area contributed by atoms with Crippen molar-refractivity contribution in [1.82, 2.24) is 0 Å². The standard InChI is InChI=1S/C8H9O3S/c1-7-4-2-3-5-8(7)6-11-12(9)10/h2-6,12H,1H3. The van der Waals surface area contributed by atoms with Gasteiger partial charge in [-0.05, 0) is 18.1 Å². The topological polar surface area (TPSA) is 43.4 Å². The van der Waals surface area contributed by atoms with Crippen LogP contribution < -0.4 is 0 Å². The Morgan fingerprint density at radius 1 is 1.33 bits per heavy atom. The maximum Gasteiger partial charge on any atom is 0.257 e. The highest BCUT2D eigenvalue weighted by Crippen LogP contribution is 2.09. The maximum atomic E-state index is 10.1. The van der Waals surface area contributed by atoms with Gasteiger partial charge in [-0.1, -0.05) is 24.3 Å². The molecule has 0 amide bonds. The Balaban J connectivity index is 2.69. The van der Waals surface area contributed by atoms with Crippen LogP contribution in [0.4, 0.5) is 0 Å². The van der Waals surface area contributed by atoms with E-state index in [1.54, 1.807) is 6.07 Å². The van der Waals surface area contributed by atoms with Gasteiger partial charge in [-0.15, -0.1) is 0 Å². The summed E-state index contributed by atoms with van der Waals surface area (Å²) < 4.78 is 24.5. The largest absolute Gasteiger partial charge is 0.261 e. The second-order valence-corrected chi connectivity index (χ2v) is 2.96. The van der Waals surface area contributed by atoms with Gasteiger partial charge in [0, 0.05) is 0 Å². The van der Waals surface area contributed by atoms with Gasteiger partial charge in [-0.25, -0.2) is 8.42 Å². The van der Waals surface area contributed by atoms with Crippen molar-refractivity contribution in [2.24, 2.45) is 0 Å². The maximum absolute atomic E-state index is 10.1. The van der Waals surface area contributed by atoms with E-state index in [0.717, 1.165) is 11.1 Å². The van der Waals surface area contributed by atoms with Gasteiger partial charge in [0.15, 0.2) is 0 Å². The number of thiol groups is 1. The number of aryl methyl sites for hydroxylation is 1. The Morgan fingerprint density at radius 3 is 2.58 bits per heavy atom. The summed E-state index contributed by atoms with van der Waals surface area (Å²) in [6, 6.07) is 7.37. The zero-order chi connectivity index (χ0) is 8.97. The molecule has 0 saturated heterocycles. The molecule has 0 bridgehead atoms. The van der Waals surface area contributed by atoms with Crippen LogP contribution in [0.2, 0.25) is 0 Å². The van der Waals surface area contributed by atoms with Crippen LogP contribution in [0.15, 0.2) is 24.3 Å². The zero-order valence-corrected chi connectivity index (χ0v) is 7.45. The van der Waals surface area contributed by atoms with Crippen molar-refractivity contribution in [3.05, 3.63) is 42.0 Å². The molecule has 1 aromatic rings. The monoisotopic (exact) mass is 185 g/mol. The molecule has 1 aromatic carbocycles. The van der Waals surface area contributed by atoms with Crippen molar-refractivity contribution in [1.29, 1.82) is 0 Å². The first-order valence-corrected chi connectivity index (χ1v) is 4.49. The second kappa shape index (κ2) is 4.23. The Kier molecular flexibility index (Phi) is 3.25. The Morgan fingerprint density at radius 2 is 2.00 bits per heavy atom. The smallest absolute Gasteiger partial charge is 0.257 e. The van der Waals surface area contributed by atoms with Crippen LogP contribution in [-0.2, 0) is 15.2 Å². The van der Waals surface area contributed by atoms with Gasteiger partial charge in [0.1, 0.15) is 6.61 Å². The van der Waals surface area contributed by atoms with Crippen LogP contribution >= 0.6 is 0 Å². The molecule has 1 radical (unpaired) electrons. The normalized spacial score (nSPS) is 10.5. The molecule has 0 aliphatic heterocycles. The molecule has 0 N–H and O–H groups in total. The molecule has 0 unspecified atom stereocenters. The molecule has 4 heteroatoms. The second-order valence-electron chi connectivity index (χ2n) is 2.30. The van der Waals surface area contributed by atoms with Crippen molar-refractivity contribution in [3.8, 4) is 0 Å². The highest BCUT2D eigenvalue weighted by molar-refractivity contribution is 7.67. The molecule has 65 valence electrons. The minimum absolute atomic E-state index is 0.775. The van der Waals surface area contributed by atoms with E-state index in [1.807, 2.05) is 25.1 Å². The van der Waals surface area contributed by atoms with Crippen molar-refractivity contribution in [3.63, 3.8) is 0 Å². The lowest BCUT2D eigenvalue weighted by molar-refractivity contribution is 0.429. The number of benzene rings is 1. The average Bonchev–Trinajstić information content (AvgIpc) is 2.03. The van der Waals surface area contributed by atoms with Crippen LogP contribution in [0.5, 0.6) is 0 Å². The SMILES string of the molecule is Cc1ccccc1[CH]O[SH](=O)=O. The summed E-state index contributed by atoms with van der Waals surface area (Å²) in [5.74, 6) is 0. The average molecular weight is 185 g/mol. The van der Waals surface area contributed by atoms with Crippen molar-refractivity contribution in [2.45, 2.75) is 6.92 Å². The van der Waals surface area contributed by atoms with Gasteiger partial charge in [0.05, 0.1) is 0 Å². The summed E-state index contributed by atoms with van der Waals surface area (Å²) in [7, 11) is -2.79. The molecule has 0 aliphatic carbocycles. The lowest BCUT2D eigenvalue weighted by atomic mass is 10.1. The zero-order valence-electron chi connectivity index (χ0n) is 6.56. The predicted molar refractivity (Wildman–Crippen MR) is 46.0 cm³/mol. The Bertz CT molecular complexity index is 323. The third kappa shape index (κ3) is 2.64. The summed E-state index contributed by atoms with van der Waals surface area (Å²) in [6.07, 6.45) is 0. The van der Waals surface area contributed by atoms with Crippen LogP contribution in [0.25, 0.3) is 0 Å². The fourth-order valence-corrected chi connectivity index (χ4v) is 1.02. The first-order chi connectivity index (χ1) is 5.70. The molecule has 0 heterocycles. The lowest BCUT2D eigenvalue weighted by Gasteiger charge is -2.00. The predicted octanol–water partition coefficient (Wildman–Crippen LogP) is 1.05.